The molecule has 0 aliphatic heterocycles. The molecule has 1 aromatic carbocycles. The van der Waals surface area contributed by atoms with Crippen molar-refractivity contribution in [3.05, 3.63) is 59.9 Å². The number of amides is 3. The van der Waals surface area contributed by atoms with Crippen LogP contribution in [0.4, 0.5) is 10.5 Å². The first-order chi connectivity index (χ1) is 11.9. The number of urea groups is 1. The molecule has 6 nitrogen and oxygen atoms in total. The summed E-state index contributed by atoms with van der Waals surface area (Å²) in [6.07, 6.45) is 3.10. The Bertz CT molecular complexity index is 706. The summed E-state index contributed by atoms with van der Waals surface area (Å²) >= 11 is 0. The average Bonchev–Trinajstić information content (AvgIpc) is 2.59. The van der Waals surface area contributed by atoms with Gasteiger partial charge in [-0.1, -0.05) is 32.9 Å². The molecule has 0 aliphatic rings. The van der Waals surface area contributed by atoms with Crippen molar-refractivity contribution in [2.24, 2.45) is 0 Å². The number of hydrogen-bond donors (Lipinski definition) is 3. The maximum Gasteiger partial charge on any atom is 0.319 e. The lowest BCUT2D eigenvalue weighted by Crippen LogP contribution is -2.36. The van der Waals surface area contributed by atoms with Gasteiger partial charge in [0, 0.05) is 31.2 Å². The maximum absolute atomic E-state index is 11.9. The fourth-order valence-electron chi connectivity index (χ4n) is 2.18. The second kappa shape index (κ2) is 8.28. The van der Waals surface area contributed by atoms with Gasteiger partial charge < -0.3 is 16.0 Å². The normalized spacial score (nSPS) is 10.8. The van der Waals surface area contributed by atoms with Gasteiger partial charge in [-0.3, -0.25) is 9.78 Å². The lowest BCUT2D eigenvalue weighted by Gasteiger charge is -2.19. The summed E-state index contributed by atoms with van der Waals surface area (Å²) in [5, 5.41) is 8.19. The lowest BCUT2D eigenvalue weighted by atomic mass is 9.87. The Labute approximate surface area is 148 Å². The topological polar surface area (TPSA) is 83.1 Å². The zero-order valence-electron chi connectivity index (χ0n) is 14.8. The molecule has 0 saturated carbocycles. The standard InChI is InChI=1S/C19H24N4O2/c1-19(2,3)15-6-8-16(9-7-15)23-18(25)22-12-11-21-17(24)14-5-4-10-20-13-14/h4-10,13H,11-12H2,1-3H3,(H,21,24)(H2,22,23,25). The van der Waals surface area contributed by atoms with Crippen LogP contribution in [0.15, 0.2) is 48.8 Å². The number of benzene rings is 1. The number of pyridine rings is 1. The summed E-state index contributed by atoms with van der Waals surface area (Å²) < 4.78 is 0. The Morgan fingerprint density at radius 1 is 1.00 bits per heavy atom. The fourth-order valence-corrected chi connectivity index (χ4v) is 2.18. The number of nitrogens with zero attached hydrogens (tertiary/aromatic N) is 1. The van der Waals surface area contributed by atoms with E-state index < -0.39 is 0 Å². The van der Waals surface area contributed by atoms with Gasteiger partial charge in [0.1, 0.15) is 0 Å². The van der Waals surface area contributed by atoms with Gasteiger partial charge in [-0.15, -0.1) is 0 Å². The molecular weight excluding hydrogens is 316 g/mol. The van der Waals surface area contributed by atoms with Crippen molar-refractivity contribution in [2.75, 3.05) is 18.4 Å². The Balaban J connectivity index is 1.71. The molecule has 0 spiro atoms. The highest BCUT2D eigenvalue weighted by atomic mass is 16.2. The largest absolute Gasteiger partial charge is 0.350 e. The van der Waals surface area contributed by atoms with Crippen molar-refractivity contribution in [2.45, 2.75) is 26.2 Å². The van der Waals surface area contributed by atoms with Crippen LogP contribution in [-0.2, 0) is 5.41 Å². The molecule has 0 unspecified atom stereocenters. The number of rotatable bonds is 5. The smallest absolute Gasteiger partial charge is 0.319 e. The average molecular weight is 340 g/mol. The summed E-state index contributed by atoms with van der Waals surface area (Å²) in [6, 6.07) is 10.8. The third kappa shape index (κ3) is 5.91. The summed E-state index contributed by atoms with van der Waals surface area (Å²) in [6.45, 7) is 7.09. The van der Waals surface area contributed by atoms with Gasteiger partial charge in [0.25, 0.3) is 5.91 Å². The first-order valence-corrected chi connectivity index (χ1v) is 8.20. The highest BCUT2D eigenvalue weighted by Gasteiger charge is 2.13. The van der Waals surface area contributed by atoms with Gasteiger partial charge in [0.2, 0.25) is 0 Å². The highest BCUT2D eigenvalue weighted by Crippen LogP contribution is 2.23. The van der Waals surface area contributed by atoms with Crippen molar-refractivity contribution in [1.29, 1.82) is 0 Å². The molecule has 6 heteroatoms. The van der Waals surface area contributed by atoms with Crippen LogP contribution in [0.5, 0.6) is 0 Å². The molecular formula is C19H24N4O2. The molecule has 0 aliphatic carbocycles. The first-order valence-electron chi connectivity index (χ1n) is 8.20. The molecule has 3 N–H and O–H groups in total. The Kier molecular flexibility index (Phi) is 6.11. The minimum Gasteiger partial charge on any atom is -0.350 e. The number of anilines is 1. The van der Waals surface area contributed by atoms with Crippen LogP contribution in [0.2, 0.25) is 0 Å². The number of carbonyl (C=O) groups excluding carboxylic acids is 2. The quantitative estimate of drug-likeness (QED) is 0.732. The van der Waals surface area contributed by atoms with Crippen LogP contribution < -0.4 is 16.0 Å². The van der Waals surface area contributed by atoms with Gasteiger partial charge in [0.05, 0.1) is 5.56 Å². The fraction of sp³-hybridized carbons (Fsp3) is 0.316. The van der Waals surface area contributed by atoms with E-state index in [9.17, 15) is 9.59 Å². The van der Waals surface area contributed by atoms with E-state index in [1.165, 1.54) is 11.8 Å². The van der Waals surface area contributed by atoms with Gasteiger partial charge >= 0.3 is 6.03 Å². The van der Waals surface area contributed by atoms with E-state index in [0.717, 1.165) is 5.69 Å². The Morgan fingerprint density at radius 3 is 2.28 bits per heavy atom. The second-order valence-corrected chi connectivity index (χ2v) is 6.71. The van der Waals surface area contributed by atoms with Crippen molar-refractivity contribution in [3.8, 4) is 0 Å². The van der Waals surface area contributed by atoms with Crippen LogP contribution in [0.25, 0.3) is 0 Å². The summed E-state index contributed by atoms with van der Waals surface area (Å²) in [5.41, 5.74) is 2.50. The number of carbonyl (C=O) groups is 2. The Hall–Kier alpha value is -2.89. The lowest BCUT2D eigenvalue weighted by molar-refractivity contribution is 0.0953. The van der Waals surface area contributed by atoms with Crippen LogP contribution in [0.1, 0.15) is 36.7 Å². The number of hydrogen-bond acceptors (Lipinski definition) is 3. The number of nitrogens with one attached hydrogen (secondary N) is 3. The number of aromatic nitrogens is 1. The molecule has 132 valence electrons. The molecule has 25 heavy (non-hydrogen) atoms. The molecule has 3 amide bonds. The van der Waals surface area contributed by atoms with E-state index in [1.54, 1.807) is 18.3 Å². The van der Waals surface area contributed by atoms with Crippen molar-refractivity contribution < 1.29 is 9.59 Å². The second-order valence-electron chi connectivity index (χ2n) is 6.71. The summed E-state index contributed by atoms with van der Waals surface area (Å²) in [5.74, 6) is -0.215. The molecule has 0 radical (unpaired) electrons. The van der Waals surface area contributed by atoms with E-state index in [2.05, 4.69) is 41.7 Å². The van der Waals surface area contributed by atoms with E-state index in [0.29, 0.717) is 18.7 Å². The van der Waals surface area contributed by atoms with Crippen LogP contribution >= 0.6 is 0 Å². The van der Waals surface area contributed by atoms with Gasteiger partial charge in [-0.05, 0) is 35.2 Å². The van der Waals surface area contributed by atoms with E-state index >= 15 is 0 Å². The van der Waals surface area contributed by atoms with Crippen molar-refractivity contribution in [3.63, 3.8) is 0 Å². The molecule has 1 heterocycles. The highest BCUT2D eigenvalue weighted by molar-refractivity contribution is 5.93. The van der Waals surface area contributed by atoms with Gasteiger partial charge in [-0.2, -0.15) is 0 Å². The maximum atomic E-state index is 11.9. The van der Waals surface area contributed by atoms with Gasteiger partial charge in [0.15, 0.2) is 0 Å². The molecule has 0 fully saturated rings. The van der Waals surface area contributed by atoms with Gasteiger partial charge in [-0.25, -0.2) is 4.79 Å². The minimum absolute atomic E-state index is 0.0767. The van der Waals surface area contributed by atoms with E-state index in [-0.39, 0.29) is 17.4 Å². The van der Waals surface area contributed by atoms with Crippen LogP contribution in [0, 0.1) is 0 Å². The zero-order valence-corrected chi connectivity index (χ0v) is 14.8. The van der Waals surface area contributed by atoms with E-state index in [1.807, 2.05) is 24.3 Å². The molecule has 1 aromatic heterocycles. The predicted octanol–water partition coefficient (Wildman–Crippen LogP) is 2.93. The van der Waals surface area contributed by atoms with Crippen molar-refractivity contribution in [1.82, 2.24) is 15.6 Å². The SMILES string of the molecule is CC(C)(C)c1ccc(NC(=O)NCCNC(=O)c2cccnc2)cc1. The van der Waals surface area contributed by atoms with E-state index in [4.69, 9.17) is 0 Å². The zero-order chi connectivity index (χ0) is 18.3. The summed E-state index contributed by atoms with van der Waals surface area (Å²) in [7, 11) is 0. The monoisotopic (exact) mass is 340 g/mol. The third-order valence-corrected chi connectivity index (χ3v) is 3.63. The van der Waals surface area contributed by atoms with Crippen LogP contribution in [0.3, 0.4) is 0 Å². The summed E-state index contributed by atoms with van der Waals surface area (Å²) in [4.78, 5) is 27.6. The first kappa shape index (κ1) is 18.4. The molecule has 0 saturated heterocycles. The van der Waals surface area contributed by atoms with Crippen molar-refractivity contribution >= 4 is 17.6 Å². The van der Waals surface area contributed by atoms with Crippen LogP contribution in [-0.4, -0.2) is 30.0 Å². The Morgan fingerprint density at radius 2 is 1.68 bits per heavy atom. The predicted molar refractivity (Wildman–Crippen MR) is 98.7 cm³/mol. The molecule has 2 aromatic rings. The minimum atomic E-state index is -0.306. The molecule has 0 bridgehead atoms. The molecule has 2 rings (SSSR count). The molecule has 0 atom stereocenters. The third-order valence-electron chi connectivity index (χ3n) is 3.63.